The van der Waals surface area contributed by atoms with Crippen LogP contribution in [0.25, 0.3) is 0 Å². The molecule has 0 aromatic heterocycles. The summed E-state index contributed by atoms with van der Waals surface area (Å²) in [5, 5.41) is 8.68. The van der Waals surface area contributed by atoms with Crippen LogP contribution < -0.4 is 0 Å². The molecule has 1 N–H and O–H groups in total. The first-order valence-corrected chi connectivity index (χ1v) is 6.79. The SMILES string of the molecule is O=C(O)Cc1ccc(C2CCSCC2)cc1. The Bertz CT molecular complexity index is 353. The van der Waals surface area contributed by atoms with E-state index in [-0.39, 0.29) is 6.42 Å². The lowest BCUT2D eigenvalue weighted by molar-refractivity contribution is -0.136. The molecule has 1 aliphatic rings. The summed E-state index contributed by atoms with van der Waals surface area (Å²) in [7, 11) is 0. The number of hydrogen-bond donors (Lipinski definition) is 1. The van der Waals surface area contributed by atoms with E-state index in [4.69, 9.17) is 5.11 Å². The third-order valence-electron chi connectivity index (χ3n) is 3.03. The molecular formula is C13H16O2S. The van der Waals surface area contributed by atoms with E-state index in [9.17, 15) is 4.79 Å². The predicted molar refractivity (Wildman–Crippen MR) is 67.1 cm³/mol. The van der Waals surface area contributed by atoms with Crippen LogP contribution in [0.2, 0.25) is 0 Å². The van der Waals surface area contributed by atoms with Gasteiger partial charge in [0.2, 0.25) is 0 Å². The quantitative estimate of drug-likeness (QED) is 0.876. The van der Waals surface area contributed by atoms with Crippen molar-refractivity contribution in [3.05, 3.63) is 35.4 Å². The molecule has 16 heavy (non-hydrogen) atoms. The minimum absolute atomic E-state index is 0.126. The fourth-order valence-corrected chi connectivity index (χ4v) is 3.22. The Morgan fingerprint density at radius 1 is 1.25 bits per heavy atom. The van der Waals surface area contributed by atoms with Gasteiger partial charge in [-0.1, -0.05) is 24.3 Å². The first-order valence-electron chi connectivity index (χ1n) is 5.64. The molecule has 0 atom stereocenters. The average molecular weight is 236 g/mol. The molecule has 2 rings (SSSR count). The number of benzene rings is 1. The van der Waals surface area contributed by atoms with Crippen molar-refractivity contribution in [1.82, 2.24) is 0 Å². The predicted octanol–water partition coefficient (Wildman–Crippen LogP) is 2.92. The van der Waals surface area contributed by atoms with Crippen LogP contribution in [0.1, 0.15) is 29.9 Å². The first kappa shape index (κ1) is 11.5. The van der Waals surface area contributed by atoms with Gasteiger partial charge in [0.05, 0.1) is 6.42 Å². The van der Waals surface area contributed by atoms with Gasteiger partial charge in [-0.25, -0.2) is 0 Å². The van der Waals surface area contributed by atoms with E-state index in [0.717, 1.165) is 5.56 Å². The summed E-state index contributed by atoms with van der Waals surface area (Å²) in [5.74, 6) is 2.42. The monoisotopic (exact) mass is 236 g/mol. The van der Waals surface area contributed by atoms with E-state index in [1.54, 1.807) is 0 Å². The highest BCUT2D eigenvalue weighted by Gasteiger charge is 2.15. The van der Waals surface area contributed by atoms with Gasteiger partial charge in [-0.15, -0.1) is 0 Å². The lowest BCUT2D eigenvalue weighted by Gasteiger charge is -2.21. The van der Waals surface area contributed by atoms with Gasteiger partial charge in [-0.2, -0.15) is 11.8 Å². The van der Waals surface area contributed by atoms with Gasteiger partial charge < -0.3 is 5.11 Å². The van der Waals surface area contributed by atoms with E-state index in [1.807, 2.05) is 23.9 Å². The van der Waals surface area contributed by atoms with Gasteiger partial charge in [0.1, 0.15) is 0 Å². The van der Waals surface area contributed by atoms with E-state index in [0.29, 0.717) is 5.92 Å². The summed E-state index contributed by atoms with van der Waals surface area (Å²) in [6.07, 6.45) is 2.63. The maximum Gasteiger partial charge on any atom is 0.307 e. The molecule has 86 valence electrons. The highest BCUT2D eigenvalue weighted by atomic mass is 32.2. The Balaban J connectivity index is 2.03. The van der Waals surface area contributed by atoms with Crippen LogP contribution in [0.3, 0.4) is 0 Å². The van der Waals surface area contributed by atoms with Crippen molar-refractivity contribution in [1.29, 1.82) is 0 Å². The number of carboxylic acid groups (broad SMARTS) is 1. The number of rotatable bonds is 3. The summed E-state index contributed by atoms with van der Waals surface area (Å²) in [4.78, 5) is 10.6. The summed E-state index contributed by atoms with van der Waals surface area (Å²) in [6, 6.07) is 8.09. The van der Waals surface area contributed by atoms with Gasteiger partial charge >= 0.3 is 5.97 Å². The second kappa shape index (κ2) is 5.39. The van der Waals surface area contributed by atoms with Crippen LogP contribution >= 0.6 is 11.8 Å². The van der Waals surface area contributed by atoms with Crippen molar-refractivity contribution >= 4 is 17.7 Å². The number of carboxylic acids is 1. The standard InChI is InChI=1S/C13H16O2S/c14-13(15)9-10-1-3-11(4-2-10)12-5-7-16-8-6-12/h1-4,12H,5-9H2,(H,14,15). The molecule has 0 bridgehead atoms. The fourth-order valence-electron chi connectivity index (χ4n) is 2.11. The number of carbonyl (C=O) groups is 1. The summed E-state index contributed by atoms with van der Waals surface area (Å²) in [6.45, 7) is 0. The van der Waals surface area contributed by atoms with Crippen LogP contribution in [0.4, 0.5) is 0 Å². The second-order valence-corrected chi connectivity index (χ2v) is 5.42. The van der Waals surface area contributed by atoms with Gasteiger partial charge in [0, 0.05) is 0 Å². The van der Waals surface area contributed by atoms with Crippen molar-refractivity contribution < 1.29 is 9.90 Å². The van der Waals surface area contributed by atoms with Gasteiger partial charge in [0.25, 0.3) is 0 Å². The van der Waals surface area contributed by atoms with E-state index < -0.39 is 5.97 Å². The summed E-state index contributed by atoms with van der Waals surface area (Å²) < 4.78 is 0. The zero-order valence-electron chi connectivity index (χ0n) is 9.19. The van der Waals surface area contributed by atoms with E-state index >= 15 is 0 Å². The van der Waals surface area contributed by atoms with Crippen LogP contribution in [-0.4, -0.2) is 22.6 Å². The highest BCUT2D eigenvalue weighted by Crippen LogP contribution is 2.31. The Labute approximate surface area is 100 Å². The van der Waals surface area contributed by atoms with Crippen molar-refractivity contribution in [2.24, 2.45) is 0 Å². The van der Waals surface area contributed by atoms with Crippen molar-refractivity contribution in [2.45, 2.75) is 25.2 Å². The molecule has 0 saturated carbocycles. The lowest BCUT2D eigenvalue weighted by Crippen LogP contribution is -2.08. The molecule has 0 amide bonds. The van der Waals surface area contributed by atoms with Gasteiger partial charge in [-0.05, 0) is 41.4 Å². The molecule has 1 fully saturated rings. The minimum atomic E-state index is -0.762. The smallest absolute Gasteiger partial charge is 0.307 e. The van der Waals surface area contributed by atoms with E-state index in [2.05, 4.69) is 12.1 Å². The minimum Gasteiger partial charge on any atom is -0.481 e. The molecular weight excluding hydrogens is 220 g/mol. The fraction of sp³-hybridized carbons (Fsp3) is 0.462. The third-order valence-corrected chi connectivity index (χ3v) is 4.08. The molecule has 1 saturated heterocycles. The maximum absolute atomic E-state index is 10.6. The molecule has 0 aliphatic carbocycles. The largest absolute Gasteiger partial charge is 0.481 e. The average Bonchev–Trinajstić information content (AvgIpc) is 2.30. The van der Waals surface area contributed by atoms with Crippen LogP contribution in [0.5, 0.6) is 0 Å². The molecule has 1 heterocycles. The van der Waals surface area contributed by atoms with Gasteiger partial charge in [-0.3, -0.25) is 4.79 Å². The Morgan fingerprint density at radius 2 is 1.88 bits per heavy atom. The maximum atomic E-state index is 10.6. The van der Waals surface area contributed by atoms with Crippen LogP contribution in [0.15, 0.2) is 24.3 Å². The Morgan fingerprint density at radius 3 is 2.44 bits per heavy atom. The summed E-state index contributed by atoms with van der Waals surface area (Å²) in [5.41, 5.74) is 2.26. The molecule has 1 aliphatic heterocycles. The van der Waals surface area contributed by atoms with Crippen molar-refractivity contribution in [3.8, 4) is 0 Å². The third kappa shape index (κ3) is 3.01. The van der Waals surface area contributed by atoms with Crippen LogP contribution in [0, 0.1) is 0 Å². The first-order chi connectivity index (χ1) is 7.75. The number of hydrogen-bond acceptors (Lipinski definition) is 2. The normalized spacial score (nSPS) is 17.2. The van der Waals surface area contributed by atoms with Gasteiger partial charge in [0.15, 0.2) is 0 Å². The highest BCUT2D eigenvalue weighted by molar-refractivity contribution is 7.99. The zero-order valence-corrected chi connectivity index (χ0v) is 10.0. The number of thioether (sulfide) groups is 1. The van der Waals surface area contributed by atoms with Crippen molar-refractivity contribution in [3.63, 3.8) is 0 Å². The molecule has 1 aromatic rings. The molecule has 2 nitrogen and oxygen atoms in total. The Hall–Kier alpha value is -0.960. The molecule has 1 aromatic carbocycles. The molecule has 0 spiro atoms. The molecule has 3 heteroatoms. The second-order valence-electron chi connectivity index (χ2n) is 4.20. The van der Waals surface area contributed by atoms with E-state index in [1.165, 1.54) is 29.9 Å². The summed E-state index contributed by atoms with van der Waals surface area (Å²) >= 11 is 2.03. The zero-order chi connectivity index (χ0) is 11.4. The van der Waals surface area contributed by atoms with Crippen LogP contribution in [-0.2, 0) is 11.2 Å². The van der Waals surface area contributed by atoms with Crippen molar-refractivity contribution in [2.75, 3.05) is 11.5 Å². The molecule has 0 unspecified atom stereocenters. The topological polar surface area (TPSA) is 37.3 Å². The Kier molecular flexibility index (Phi) is 3.88. The molecule has 0 radical (unpaired) electrons. The lowest BCUT2D eigenvalue weighted by atomic mass is 9.92. The number of aliphatic carboxylic acids is 1.